The van der Waals surface area contributed by atoms with E-state index in [0.717, 1.165) is 18.0 Å². The van der Waals surface area contributed by atoms with Gasteiger partial charge in [-0.15, -0.1) is 5.10 Å². The van der Waals surface area contributed by atoms with Crippen LogP contribution in [0.3, 0.4) is 0 Å². The molecule has 1 aliphatic heterocycles. The first-order valence-electron chi connectivity index (χ1n) is 8.73. The maximum atomic E-state index is 14.7. The second-order valence-electron chi connectivity index (χ2n) is 6.92. The number of thiazole rings is 1. The zero-order valence-corrected chi connectivity index (χ0v) is 15.8. The standard InChI is InChI=1S/C18H21FN4O2S/c1-10-8-22(9-11(2)25-10)15(13-6-4-5-7-14(13)19)16-17(24)23-18(26-16)20-12(3)21-23/h4-7,10-11,15,24H,8-9H2,1-3H3/p+1/t10-,11+,15-/m1/s1. The molecule has 1 aromatic carbocycles. The number of halogens is 1. The fraction of sp³-hybridized carbons (Fsp3) is 0.444. The summed E-state index contributed by atoms with van der Waals surface area (Å²) in [5.74, 6) is 0.367. The average Bonchev–Trinajstić information content (AvgIpc) is 3.07. The molecule has 0 radical (unpaired) electrons. The molecule has 3 heterocycles. The van der Waals surface area contributed by atoms with Crippen LogP contribution in [0.2, 0.25) is 0 Å². The number of hydrogen-bond donors (Lipinski definition) is 2. The van der Waals surface area contributed by atoms with Gasteiger partial charge >= 0.3 is 0 Å². The minimum atomic E-state index is -0.334. The highest BCUT2D eigenvalue weighted by Gasteiger charge is 2.38. The lowest BCUT2D eigenvalue weighted by atomic mass is 10.0. The predicted molar refractivity (Wildman–Crippen MR) is 96.2 cm³/mol. The van der Waals surface area contributed by atoms with Gasteiger partial charge in [0.25, 0.3) is 0 Å². The third-order valence-electron chi connectivity index (χ3n) is 4.76. The summed E-state index contributed by atoms with van der Waals surface area (Å²) in [6, 6.07) is 6.43. The zero-order chi connectivity index (χ0) is 18.4. The number of nitrogens with one attached hydrogen (secondary N) is 1. The average molecular weight is 377 g/mol. The van der Waals surface area contributed by atoms with Crippen LogP contribution in [0.5, 0.6) is 5.88 Å². The summed E-state index contributed by atoms with van der Waals surface area (Å²) < 4.78 is 22.0. The van der Waals surface area contributed by atoms with E-state index in [0.29, 0.717) is 21.2 Å². The number of aromatic hydroxyl groups is 1. The number of morpholine rings is 1. The van der Waals surface area contributed by atoms with E-state index in [4.69, 9.17) is 4.74 Å². The van der Waals surface area contributed by atoms with Crippen molar-refractivity contribution in [3.63, 3.8) is 0 Å². The number of benzene rings is 1. The maximum Gasteiger partial charge on any atom is 0.235 e. The number of hydrogen-bond acceptors (Lipinski definition) is 5. The van der Waals surface area contributed by atoms with E-state index in [1.807, 2.05) is 19.9 Å². The van der Waals surface area contributed by atoms with Crippen molar-refractivity contribution in [1.82, 2.24) is 14.6 Å². The molecule has 0 amide bonds. The van der Waals surface area contributed by atoms with E-state index in [-0.39, 0.29) is 29.9 Å². The van der Waals surface area contributed by atoms with Gasteiger partial charge in [0, 0.05) is 0 Å². The van der Waals surface area contributed by atoms with Gasteiger partial charge in [0.05, 0.1) is 5.56 Å². The molecule has 1 fully saturated rings. The molecule has 0 bridgehead atoms. The first-order valence-corrected chi connectivity index (χ1v) is 9.55. The largest absolute Gasteiger partial charge is 0.492 e. The molecule has 2 aromatic heterocycles. The van der Waals surface area contributed by atoms with E-state index in [9.17, 15) is 9.50 Å². The highest BCUT2D eigenvalue weighted by molar-refractivity contribution is 7.17. The fourth-order valence-electron chi connectivity index (χ4n) is 3.84. The first-order chi connectivity index (χ1) is 12.4. The van der Waals surface area contributed by atoms with Gasteiger partial charge in [-0.3, -0.25) is 0 Å². The van der Waals surface area contributed by atoms with Crippen LogP contribution in [0.25, 0.3) is 4.96 Å². The molecule has 6 nitrogen and oxygen atoms in total. The van der Waals surface area contributed by atoms with Gasteiger partial charge in [-0.25, -0.2) is 9.37 Å². The Kier molecular flexibility index (Phi) is 4.42. The Bertz CT molecular complexity index is 931. The molecule has 138 valence electrons. The molecule has 0 aliphatic carbocycles. The summed E-state index contributed by atoms with van der Waals surface area (Å²) in [5.41, 5.74) is 0.570. The topological polar surface area (TPSA) is 64.1 Å². The summed E-state index contributed by atoms with van der Waals surface area (Å²) in [6.07, 6.45) is 0.129. The van der Waals surface area contributed by atoms with Crippen LogP contribution in [0.15, 0.2) is 24.3 Å². The quantitative estimate of drug-likeness (QED) is 0.730. The number of fused-ring (bicyclic) bond motifs is 1. The van der Waals surface area contributed by atoms with Crippen molar-refractivity contribution in [3.8, 4) is 5.88 Å². The SMILES string of the molecule is Cc1nc2sc([C@@H](c3ccccc3F)[NH+]3C[C@@H](C)O[C@@H](C)C3)c(O)n2n1. The summed E-state index contributed by atoms with van der Waals surface area (Å²) in [6.45, 7) is 7.30. The van der Waals surface area contributed by atoms with Gasteiger partial charge in [0.15, 0.2) is 6.04 Å². The molecule has 8 heteroatoms. The molecular formula is C18H22FN4O2S+. The van der Waals surface area contributed by atoms with Crippen molar-refractivity contribution < 1.29 is 19.1 Å². The summed E-state index contributed by atoms with van der Waals surface area (Å²) >= 11 is 1.36. The molecule has 0 spiro atoms. The van der Waals surface area contributed by atoms with Gasteiger partial charge in [-0.1, -0.05) is 23.5 Å². The molecule has 1 saturated heterocycles. The number of rotatable bonds is 3. The van der Waals surface area contributed by atoms with Crippen LogP contribution in [0.1, 0.15) is 36.2 Å². The van der Waals surface area contributed by atoms with E-state index in [1.165, 1.54) is 21.9 Å². The van der Waals surface area contributed by atoms with Crippen molar-refractivity contribution in [2.24, 2.45) is 0 Å². The Morgan fingerprint density at radius 1 is 1.31 bits per heavy atom. The molecule has 2 N–H and O–H groups in total. The Morgan fingerprint density at radius 2 is 2.00 bits per heavy atom. The number of quaternary nitrogens is 1. The molecule has 0 saturated carbocycles. The van der Waals surface area contributed by atoms with Crippen molar-refractivity contribution >= 4 is 16.3 Å². The van der Waals surface area contributed by atoms with Crippen LogP contribution in [-0.4, -0.2) is 45.0 Å². The highest BCUT2D eigenvalue weighted by atomic mass is 32.1. The molecule has 4 rings (SSSR count). The Balaban J connectivity index is 1.85. The molecule has 26 heavy (non-hydrogen) atoms. The first kappa shape index (κ1) is 17.4. The van der Waals surface area contributed by atoms with Crippen LogP contribution in [0.4, 0.5) is 4.39 Å². The predicted octanol–water partition coefficient (Wildman–Crippen LogP) is 1.73. The molecule has 1 aliphatic rings. The number of aryl methyl sites for hydroxylation is 1. The maximum absolute atomic E-state index is 14.7. The molecule has 1 unspecified atom stereocenters. The molecular weight excluding hydrogens is 355 g/mol. The van der Waals surface area contributed by atoms with E-state index in [2.05, 4.69) is 10.1 Å². The third kappa shape index (κ3) is 2.98. The fourth-order valence-corrected chi connectivity index (χ4v) is 5.02. The van der Waals surface area contributed by atoms with Crippen molar-refractivity contribution in [1.29, 1.82) is 0 Å². The third-order valence-corrected chi connectivity index (χ3v) is 5.84. The lowest BCUT2D eigenvalue weighted by Crippen LogP contribution is -3.15. The van der Waals surface area contributed by atoms with Crippen molar-refractivity contribution in [3.05, 3.63) is 46.3 Å². The summed E-state index contributed by atoms with van der Waals surface area (Å²) in [4.78, 5) is 6.81. The van der Waals surface area contributed by atoms with E-state index < -0.39 is 0 Å². The minimum absolute atomic E-state index is 0.0400. The van der Waals surface area contributed by atoms with Crippen LogP contribution >= 0.6 is 11.3 Å². The van der Waals surface area contributed by atoms with Gasteiger partial charge in [-0.2, -0.15) is 4.52 Å². The van der Waals surface area contributed by atoms with Crippen LogP contribution < -0.4 is 4.90 Å². The summed E-state index contributed by atoms with van der Waals surface area (Å²) in [5, 5.41) is 15.0. The molecule has 3 aromatic rings. The van der Waals surface area contributed by atoms with Gasteiger partial charge < -0.3 is 14.7 Å². The van der Waals surface area contributed by atoms with Gasteiger partial charge in [-0.05, 0) is 32.9 Å². The number of nitrogens with zero attached hydrogens (tertiary/aromatic N) is 3. The summed E-state index contributed by atoms with van der Waals surface area (Å²) in [7, 11) is 0. The second-order valence-corrected chi connectivity index (χ2v) is 7.93. The van der Waals surface area contributed by atoms with Crippen LogP contribution in [0, 0.1) is 12.7 Å². The normalized spacial score (nSPS) is 24.8. The Hall–Kier alpha value is -2.03. The molecule has 4 atom stereocenters. The lowest BCUT2D eigenvalue weighted by molar-refractivity contribution is -0.939. The number of ether oxygens (including phenoxy) is 1. The zero-order valence-electron chi connectivity index (χ0n) is 14.9. The van der Waals surface area contributed by atoms with Gasteiger partial charge in [0.1, 0.15) is 41.8 Å². The van der Waals surface area contributed by atoms with E-state index in [1.54, 1.807) is 19.1 Å². The monoisotopic (exact) mass is 377 g/mol. The lowest BCUT2D eigenvalue weighted by Gasteiger charge is -2.37. The Morgan fingerprint density at radius 3 is 2.65 bits per heavy atom. The number of aromatic nitrogens is 3. The minimum Gasteiger partial charge on any atom is -0.492 e. The van der Waals surface area contributed by atoms with Crippen molar-refractivity contribution in [2.45, 2.75) is 39.0 Å². The smallest absolute Gasteiger partial charge is 0.235 e. The van der Waals surface area contributed by atoms with Gasteiger partial charge in [0.2, 0.25) is 10.8 Å². The van der Waals surface area contributed by atoms with E-state index >= 15 is 0 Å². The highest BCUT2D eigenvalue weighted by Crippen LogP contribution is 2.36. The van der Waals surface area contributed by atoms with Crippen molar-refractivity contribution in [2.75, 3.05) is 13.1 Å². The second kappa shape index (κ2) is 6.61. The van der Waals surface area contributed by atoms with Crippen LogP contribution in [-0.2, 0) is 4.74 Å². The Labute approximate surface area is 154 Å².